The molecule has 0 aromatic rings. The van der Waals surface area contributed by atoms with E-state index in [0.29, 0.717) is 19.0 Å². The Balaban J connectivity index is 2.02. The second-order valence-corrected chi connectivity index (χ2v) is 6.14. The van der Waals surface area contributed by atoms with Crippen LogP contribution in [0.3, 0.4) is 0 Å². The summed E-state index contributed by atoms with van der Waals surface area (Å²) in [4.78, 5) is 25.4. The molecule has 0 aromatic heterocycles. The van der Waals surface area contributed by atoms with E-state index < -0.39 is 11.9 Å². The number of carboxylic acids is 1. The van der Waals surface area contributed by atoms with Crippen LogP contribution in [-0.4, -0.2) is 41.1 Å². The first kappa shape index (κ1) is 14.9. The average molecular weight is 280 g/mol. The summed E-state index contributed by atoms with van der Waals surface area (Å²) in [6.45, 7) is 8.73. The topological polar surface area (TPSA) is 69.6 Å². The number of urea groups is 1. The van der Waals surface area contributed by atoms with Gasteiger partial charge in [0.15, 0.2) is 0 Å². The van der Waals surface area contributed by atoms with Crippen molar-refractivity contribution in [3.8, 4) is 0 Å². The maximum absolute atomic E-state index is 12.3. The van der Waals surface area contributed by atoms with Crippen LogP contribution in [0.5, 0.6) is 0 Å². The minimum atomic E-state index is -0.773. The van der Waals surface area contributed by atoms with E-state index in [0.717, 1.165) is 24.8 Å². The number of aliphatic carboxylic acids is 1. The molecule has 2 amide bonds. The molecule has 5 nitrogen and oxygen atoms in total. The highest BCUT2D eigenvalue weighted by Gasteiger charge is 2.51. The number of carbonyl (C=O) groups is 2. The van der Waals surface area contributed by atoms with Gasteiger partial charge >= 0.3 is 12.0 Å². The summed E-state index contributed by atoms with van der Waals surface area (Å²) in [5.41, 5.74) is 0.921. The van der Waals surface area contributed by atoms with E-state index in [1.165, 1.54) is 0 Å². The van der Waals surface area contributed by atoms with Crippen LogP contribution in [0.4, 0.5) is 4.79 Å². The zero-order chi connectivity index (χ0) is 14.9. The predicted molar refractivity (Wildman–Crippen MR) is 76.3 cm³/mol. The van der Waals surface area contributed by atoms with Gasteiger partial charge in [0.25, 0.3) is 0 Å². The molecule has 0 spiro atoms. The van der Waals surface area contributed by atoms with Crippen molar-refractivity contribution in [2.24, 2.45) is 17.8 Å². The van der Waals surface area contributed by atoms with E-state index >= 15 is 0 Å². The molecule has 0 aliphatic heterocycles. The number of hydrogen-bond donors (Lipinski definition) is 2. The number of rotatable bonds is 5. The van der Waals surface area contributed by atoms with Gasteiger partial charge in [-0.25, -0.2) is 4.79 Å². The quantitative estimate of drug-likeness (QED) is 0.758. The van der Waals surface area contributed by atoms with Crippen molar-refractivity contribution in [1.29, 1.82) is 0 Å². The molecule has 20 heavy (non-hydrogen) atoms. The largest absolute Gasteiger partial charge is 0.481 e. The molecule has 5 heteroatoms. The lowest BCUT2D eigenvalue weighted by molar-refractivity contribution is -0.144. The molecule has 2 N–H and O–H groups in total. The zero-order valence-electron chi connectivity index (χ0n) is 12.3. The van der Waals surface area contributed by atoms with Gasteiger partial charge in [-0.2, -0.15) is 0 Å². The number of amides is 2. The van der Waals surface area contributed by atoms with E-state index in [1.54, 1.807) is 4.90 Å². The minimum absolute atomic E-state index is 0.167. The molecule has 2 saturated carbocycles. The van der Waals surface area contributed by atoms with Crippen molar-refractivity contribution in [3.63, 3.8) is 0 Å². The summed E-state index contributed by atoms with van der Waals surface area (Å²) >= 11 is 0. The lowest BCUT2D eigenvalue weighted by Gasteiger charge is -2.31. The van der Waals surface area contributed by atoms with Gasteiger partial charge in [-0.15, -0.1) is 0 Å². The standard InChI is InChI=1S/C15H24N2O3/c1-4-17(8-9(2)3)15(20)16-13-11-6-5-10(7-11)12(13)14(18)19/h10-13H,2,4-8H2,1,3H3,(H,16,20)(H,18,19). The minimum Gasteiger partial charge on any atom is -0.481 e. The second-order valence-electron chi connectivity index (χ2n) is 6.14. The van der Waals surface area contributed by atoms with E-state index in [9.17, 15) is 14.7 Å². The van der Waals surface area contributed by atoms with Gasteiger partial charge in [0, 0.05) is 19.1 Å². The van der Waals surface area contributed by atoms with Crippen LogP contribution in [0.1, 0.15) is 33.1 Å². The third-order valence-corrected chi connectivity index (χ3v) is 4.62. The SMILES string of the molecule is C=C(C)CN(CC)C(=O)NC1C2CCC(C2)C1C(=O)O. The van der Waals surface area contributed by atoms with Gasteiger partial charge in [-0.1, -0.05) is 12.2 Å². The Labute approximate surface area is 120 Å². The van der Waals surface area contributed by atoms with E-state index in [2.05, 4.69) is 11.9 Å². The van der Waals surface area contributed by atoms with Gasteiger partial charge in [0.1, 0.15) is 0 Å². The number of nitrogens with zero attached hydrogens (tertiary/aromatic N) is 1. The molecule has 0 aromatic carbocycles. The number of likely N-dealkylation sites (N-methyl/N-ethyl adjacent to an activating group) is 1. The van der Waals surface area contributed by atoms with Crippen molar-refractivity contribution in [2.75, 3.05) is 13.1 Å². The summed E-state index contributed by atoms with van der Waals surface area (Å²) < 4.78 is 0. The smallest absolute Gasteiger partial charge is 0.317 e. The zero-order valence-corrected chi connectivity index (χ0v) is 12.3. The molecule has 2 aliphatic rings. The first-order chi connectivity index (χ1) is 9.43. The Bertz CT molecular complexity index is 421. The van der Waals surface area contributed by atoms with Gasteiger partial charge < -0.3 is 15.3 Å². The Morgan fingerprint density at radius 2 is 2.00 bits per heavy atom. The monoisotopic (exact) mass is 280 g/mol. The van der Waals surface area contributed by atoms with Gasteiger partial charge in [-0.05, 0) is 44.9 Å². The maximum atomic E-state index is 12.3. The number of carboxylic acid groups (broad SMARTS) is 1. The van der Waals surface area contributed by atoms with Crippen molar-refractivity contribution < 1.29 is 14.7 Å². The van der Waals surface area contributed by atoms with Gasteiger partial charge in [0.2, 0.25) is 0 Å². The van der Waals surface area contributed by atoms with E-state index in [1.807, 2.05) is 13.8 Å². The van der Waals surface area contributed by atoms with Crippen molar-refractivity contribution in [1.82, 2.24) is 10.2 Å². The Kier molecular flexibility index (Phi) is 4.35. The van der Waals surface area contributed by atoms with Crippen LogP contribution >= 0.6 is 0 Å². The first-order valence-corrected chi connectivity index (χ1v) is 7.36. The van der Waals surface area contributed by atoms with Crippen LogP contribution in [0, 0.1) is 17.8 Å². The summed E-state index contributed by atoms with van der Waals surface area (Å²) in [7, 11) is 0. The van der Waals surface area contributed by atoms with Crippen LogP contribution in [-0.2, 0) is 4.79 Å². The molecule has 4 unspecified atom stereocenters. The van der Waals surface area contributed by atoms with E-state index in [4.69, 9.17) is 0 Å². The Morgan fingerprint density at radius 1 is 1.35 bits per heavy atom. The third kappa shape index (κ3) is 2.81. The summed E-state index contributed by atoms with van der Waals surface area (Å²) in [6.07, 6.45) is 2.96. The van der Waals surface area contributed by atoms with Crippen LogP contribution < -0.4 is 5.32 Å². The van der Waals surface area contributed by atoms with Crippen molar-refractivity contribution in [2.45, 2.75) is 39.2 Å². The lowest BCUT2D eigenvalue weighted by atomic mass is 9.84. The normalized spacial score (nSPS) is 31.1. The molecule has 0 radical (unpaired) electrons. The molecule has 112 valence electrons. The first-order valence-electron chi connectivity index (χ1n) is 7.36. The molecule has 0 saturated heterocycles. The molecule has 4 atom stereocenters. The van der Waals surface area contributed by atoms with Crippen LogP contribution in [0.25, 0.3) is 0 Å². The Hall–Kier alpha value is -1.52. The molecule has 2 rings (SSSR count). The molecule has 2 fully saturated rings. The van der Waals surface area contributed by atoms with Gasteiger partial charge in [-0.3, -0.25) is 4.79 Å². The average Bonchev–Trinajstić information content (AvgIpc) is 2.95. The number of fused-ring (bicyclic) bond motifs is 2. The molecular weight excluding hydrogens is 256 g/mol. The van der Waals surface area contributed by atoms with Crippen LogP contribution in [0.2, 0.25) is 0 Å². The number of hydrogen-bond acceptors (Lipinski definition) is 2. The fourth-order valence-electron chi connectivity index (χ4n) is 3.74. The van der Waals surface area contributed by atoms with Crippen molar-refractivity contribution >= 4 is 12.0 Å². The maximum Gasteiger partial charge on any atom is 0.317 e. The van der Waals surface area contributed by atoms with Crippen molar-refractivity contribution in [3.05, 3.63) is 12.2 Å². The highest BCUT2D eigenvalue weighted by atomic mass is 16.4. The molecular formula is C15H24N2O3. The number of carbonyl (C=O) groups excluding carboxylic acids is 1. The van der Waals surface area contributed by atoms with Gasteiger partial charge in [0.05, 0.1) is 5.92 Å². The van der Waals surface area contributed by atoms with Crippen LogP contribution in [0.15, 0.2) is 12.2 Å². The fraction of sp³-hybridized carbons (Fsp3) is 0.733. The predicted octanol–water partition coefficient (Wildman–Crippen LogP) is 2.09. The fourth-order valence-corrected chi connectivity index (χ4v) is 3.74. The third-order valence-electron chi connectivity index (χ3n) is 4.62. The highest BCUT2D eigenvalue weighted by Crippen LogP contribution is 2.48. The second kappa shape index (κ2) is 5.85. The lowest BCUT2D eigenvalue weighted by Crippen LogP contribution is -2.51. The molecule has 2 aliphatic carbocycles. The number of nitrogens with one attached hydrogen (secondary N) is 1. The summed E-state index contributed by atoms with van der Waals surface area (Å²) in [6, 6.07) is -0.378. The Morgan fingerprint density at radius 3 is 2.55 bits per heavy atom. The highest BCUT2D eigenvalue weighted by molar-refractivity contribution is 5.78. The summed E-state index contributed by atoms with van der Waals surface area (Å²) in [5, 5.41) is 12.3. The van der Waals surface area contributed by atoms with E-state index in [-0.39, 0.29) is 18.0 Å². The summed E-state index contributed by atoms with van der Waals surface area (Å²) in [5.74, 6) is -0.626. The molecule has 2 bridgehead atoms. The molecule has 0 heterocycles.